The van der Waals surface area contributed by atoms with Crippen molar-refractivity contribution < 1.29 is 24.0 Å². The van der Waals surface area contributed by atoms with Crippen molar-refractivity contribution in [1.82, 2.24) is 10.1 Å². The minimum Gasteiger partial charge on any atom is -0.481 e. The molecule has 0 aromatic carbocycles. The molecule has 1 amide bonds. The maximum Gasteiger partial charge on any atom is 0.309 e. The van der Waals surface area contributed by atoms with Crippen molar-refractivity contribution in [2.75, 3.05) is 19.7 Å². The van der Waals surface area contributed by atoms with Gasteiger partial charge >= 0.3 is 5.97 Å². The van der Waals surface area contributed by atoms with Crippen molar-refractivity contribution in [3.63, 3.8) is 0 Å². The van der Waals surface area contributed by atoms with Crippen LogP contribution in [-0.4, -0.2) is 52.8 Å². The smallest absolute Gasteiger partial charge is 0.309 e. The van der Waals surface area contributed by atoms with Crippen LogP contribution in [0, 0.1) is 11.8 Å². The van der Waals surface area contributed by atoms with Crippen LogP contribution in [0.25, 0.3) is 0 Å². The Bertz CT molecular complexity index is 640. The summed E-state index contributed by atoms with van der Waals surface area (Å²) in [6, 6.07) is 1.72. The molecule has 2 aliphatic rings. The molecule has 2 aliphatic heterocycles. The van der Waals surface area contributed by atoms with Crippen molar-refractivity contribution in [2.24, 2.45) is 11.8 Å². The number of likely N-dealkylation sites (tertiary alicyclic amines) is 1. The fraction of sp³-hybridized carbons (Fsp3) is 0.722. The fourth-order valence-corrected chi connectivity index (χ4v) is 3.66. The second kappa shape index (κ2) is 6.78. The number of rotatable bonds is 3. The first-order valence-corrected chi connectivity index (χ1v) is 8.88. The summed E-state index contributed by atoms with van der Waals surface area (Å²) in [6.45, 7) is 7.71. The zero-order valence-corrected chi connectivity index (χ0v) is 15.0. The summed E-state index contributed by atoms with van der Waals surface area (Å²) >= 11 is 0. The molecule has 1 unspecified atom stereocenters. The van der Waals surface area contributed by atoms with Gasteiger partial charge in [0.15, 0.2) is 5.69 Å². The number of hydrogen-bond acceptors (Lipinski definition) is 5. The molecule has 1 aromatic heterocycles. The quantitative estimate of drug-likeness (QED) is 0.899. The van der Waals surface area contributed by atoms with E-state index in [1.165, 1.54) is 0 Å². The Morgan fingerprint density at radius 1 is 1.24 bits per heavy atom. The molecule has 3 rings (SSSR count). The minimum atomic E-state index is -0.779. The lowest BCUT2D eigenvalue weighted by atomic mass is 9.84. The van der Waals surface area contributed by atoms with E-state index in [1.54, 1.807) is 11.0 Å². The van der Waals surface area contributed by atoms with Gasteiger partial charge in [-0.3, -0.25) is 9.59 Å². The van der Waals surface area contributed by atoms with Gasteiger partial charge in [0, 0.05) is 31.2 Å². The van der Waals surface area contributed by atoms with Crippen LogP contribution in [0.1, 0.15) is 56.3 Å². The first-order chi connectivity index (χ1) is 11.8. The van der Waals surface area contributed by atoms with Crippen molar-refractivity contribution in [3.8, 4) is 0 Å². The molecular weight excluding hydrogens is 324 g/mol. The average Bonchev–Trinajstić information content (AvgIpc) is 3.23. The molecule has 0 saturated carbocycles. The Labute approximate surface area is 147 Å². The van der Waals surface area contributed by atoms with Gasteiger partial charge in [-0.25, -0.2) is 0 Å². The summed E-state index contributed by atoms with van der Waals surface area (Å²) in [4.78, 5) is 25.7. The molecule has 7 heteroatoms. The highest BCUT2D eigenvalue weighted by atomic mass is 16.5. The van der Waals surface area contributed by atoms with Crippen LogP contribution < -0.4 is 0 Å². The number of carboxylic acid groups (broad SMARTS) is 1. The van der Waals surface area contributed by atoms with E-state index in [0.717, 1.165) is 12.8 Å². The minimum absolute atomic E-state index is 0.125. The SMILES string of the molecule is CC(C)(C)c1cc(C(=O)N2CCC([C@@H]3OCCC3C(=O)O)CC2)no1. The molecule has 7 nitrogen and oxygen atoms in total. The van der Waals surface area contributed by atoms with Crippen LogP contribution in [0.4, 0.5) is 0 Å². The monoisotopic (exact) mass is 350 g/mol. The largest absolute Gasteiger partial charge is 0.481 e. The number of carbonyl (C=O) groups excluding carboxylic acids is 1. The van der Waals surface area contributed by atoms with Gasteiger partial charge in [0.2, 0.25) is 0 Å². The van der Waals surface area contributed by atoms with Crippen LogP contribution in [0.3, 0.4) is 0 Å². The van der Waals surface area contributed by atoms with Crippen molar-refractivity contribution in [2.45, 2.75) is 51.6 Å². The molecule has 0 bridgehead atoms. The van der Waals surface area contributed by atoms with Gasteiger partial charge in [-0.15, -0.1) is 0 Å². The third-order valence-electron chi connectivity index (χ3n) is 5.21. The third kappa shape index (κ3) is 3.71. The van der Waals surface area contributed by atoms with E-state index in [1.807, 2.05) is 20.8 Å². The fourth-order valence-electron chi connectivity index (χ4n) is 3.66. The van der Waals surface area contributed by atoms with Crippen LogP contribution >= 0.6 is 0 Å². The first-order valence-electron chi connectivity index (χ1n) is 8.88. The molecule has 1 N–H and O–H groups in total. The Balaban J connectivity index is 1.59. The lowest BCUT2D eigenvalue weighted by molar-refractivity contribution is -0.145. The van der Waals surface area contributed by atoms with E-state index in [9.17, 15) is 14.7 Å². The molecule has 2 atom stereocenters. The number of aromatic nitrogens is 1. The molecule has 3 heterocycles. The first kappa shape index (κ1) is 17.9. The molecule has 2 fully saturated rings. The van der Waals surface area contributed by atoms with E-state index in [2.05, 4.69) is 5.16 Å². The number of carbonyl (C=O) groups is 2. The van der Waals surface area contributed by atoms with E-state index in [-0.39, 0.29) is 23.3 Å². The number of hydrogen-bond donors (Lipinski definition) is 1. The molecule has 1 aromatic rings. The molecule has 138 valence electrons. The number of amides is 1. The Hall–Kier alpha value is -1.89. The number of aliphatic carboxylic acids is 1. The topological polar surface area (TPSA) is 92.9 Å². The highest BCUT2D eigenvalue weighted by Crippen LogP contribution is 2.33. The van der Waals surface area contributed by atoms with Gasteiger partial charge in [0.05, 0.1) is 12.0 Å². The van der Waals surface area contributed by atoms with Gasteiger partial charge in [-0.2, -0.15) is 0 Å². The average molecular weight is 350 g/mol. The van der Waals surface area contributed by atoms with Crippen LogP contribution in [0.15, 0.2) is 10.6 Å². The van der Waals surface area contributed by atoms with Gasteiger partial charge in [-0.1, -0.05) is 25.9 Å². The predicted molar refractivity (Wildman–Crippen MR) is 89.3 cm³/mol. The Morgan fingerprint density at radius 2 is 1.92 bits per heavy atom. The predicted octanol–water partition coefficient (Wildman–Crippen LogP) is 2.31. The normalized spacial score (nSPS) is 25.3. The molecular formula is C18H26N2O5. The summed E-state index contributed by atoms with van der Waals surface area (Å²) in [5.41, 5.74) is 0.147. The third-order valence-corrected chi connectivity index (χ3v) is 5.21. The highest BCUT2D eigenvalue weighted by Gasteiger charge is 2.41. The van der Waals surface area contributed by atoms with Gasteiger partial charge in [0.1, 0.15) is 5.76 Å². The van der Waals surface area contributed by atoms with E-state index in [4.69, 9.17) is 9.26 Å². The zero-order chi connectivity index (χ0) is 18.2. The van der Waals surface area contributed by atoms with E-state index >= 15 is 0 Å². The number of carboxylic acids is 1. The van der Waals surface area contributed by atoms with Crippen LogP contribution in [-0.2, 0) is 14.9 Å². The van der Waals surface area contributed by atoms with E-state index in [0.29, 0.717) is 37.6 Å². The van der Waals surface area contributed by atoms with Crippen LogP contribution in [0.2, 0.25) is 0 Å². The van der Waals surface area contributed by atoms with Crippen molar-refractivity contribution in [1.29, 1.82) is 0 Å². The van der Waals surface area contributed by atoms with Crippen molar-refractivity contribution in [3.05, 3.63) is 17.5 Å². The number of nitrogens with zero attached hydrogens (tertiary/aromatic N) is 2. The lowest BCUT2D eigenvalue weighted by Crippen LogP contribution is -2.43. The van der Waals surface area contributed by atoms with E-state index < -0.39 is 11.9 Å². The lowest BCUT2D eigenvalue weighted by Gasteiger charge is -2.35. The number of ether oxygens (including phenoxy) is 1. The maximum absolute atomic E-state index is 12.6. The second-order valence-electron chi connectivity index (χ2n) is 8.02. The Morgan fingerprint density at radius 3 is 2.48 bits per heavy atom. The number of piperidine rings is 1. The maximum atomic E-state index is 12.6. The summed E-state index contributed by atoms with van der Waals surface area (Å²) in [7, 11) is 0. The summed E-state index contributed by atoms with van der Waals surface area (Å²) in [6.07, 6.45) is 1.86. The highest BCUT2D eigenvalue weighted by molar-refractivity contribution is 5.92. The summed E-state index contributed by atoms with van der Waals surface area (Å²) < 4.78 is 11.0. The Kier molecular flexibility index (Phi) is 4.86. The second-order valence-corrected chi connectivity index (χ2v) is 8.02. The van der Waals surface area contributed by atoms with Gasteiger partial charge in [0.25, 0.3) is 5.91 Å². The summed E-state index contributed by atoms with van der Waals surface area (Å²) in [5, 5.41) is 13.2. The van der Waals surface area contributed by atoms with Gasteiger partial charge in [-0.05, 0) is 25.2 Å². The van der Waals surface area contributed by atoms with Crippen molar-refractivity contribution >= 4 is 11.9 Å². The standard InChI is InChI=1S/C18H26N2O5/c1-18(2,3)14-10-13(19-25-14)16(21)20-7-4-11(5-8-20)15-12(17(22)23)6-9-24-15/h10-12,15H,4-9H2,1-3H3,(H,22,23)/t12?,15-/m0/s1. The summed E-state index contributed by atoms with van der Waals surface area (Å²) in [5.74, 6) is -0.445. The molecule has 0 spiro atoms. The zero-order valence-electron chi connectivity index (χ0n) is 15.0. The molecule has 25 heavy (non-hydrogen) atoms. The van der Waals surface area contributed by atoms with Crippen LogP contribution in [0.5, 0.6) is 0 Å². The molecule has 0 radical (unpaired) electrons. The van der Waals surface area contributed by atoms with Gasteiger partial charge < -0.3 is 19.3 Å². The molecule has 0 aliphatic carbocycles. The molecule has 2 saturated heterocycles.